The molecule has 0 amide bonds. The van der Waals surface area contributed by atoms with Gasteiger partial charge < -0.3 is 0 Å². The van der Waals surface area contributed by atoms with Gasteiger partial charge in [0.15, 0.2) is 0 Å². The van der Waals surface area contributed by atoms with Crippen molar-refractivity contribution in [1.29, 1.82) is 0 Å². The van der Waals surface area contributed by atoms with Crippen molar-refractivity contribution in [3.05, 3.63) is 77.9 Å². The van der Waals surface area contributed by atoms with E-state index >= 15 is 0 Å². The maximum absolute atomic E-state index is 4.76. The van der Waals surface area contributed by atoms with Crippen LogP contribution < -0.4 is 0 Å². The van der Waals surface area contributed by atoms with E-state index in [4.69, 9.17) is 4.99 Å². The summed E-state index contributed by atoms with van der Waals surface area (Å²) in [5.41, 5.74) is 4.54. The Bertz CT molecular complexity index is 617. The number of hydrogen-bond donors (Lipinski definition) is 0. The molecule has 0 saturated carbocycles. The van der Waals surface area contributed by atoms with Gasteiger partial charge in [0, 0.05) is 12.3 Å². The lowest BCUT2D eigenvalue weighted by Crippen LogP contribution is -2.03. The maximum Gasteiger partial charge on any atom is 0.0499 e. The Hall–Kier alpha value is -2.15. The first-order valence-corrected chi connectivity index (χ1v) is 8.62. The summed E-state index contributed by atoms with van der Waals surface area (Å²) in [5, 5.41) is 0. The zero-order chi connectivity index (χ0) is 16.5. The second kappa shape index (κ2) is 9.09. The number of aliphatic imine (C=N–C) groups is 1. The fourth-order valence-electron chi connectivity index (χ4n) is 2.73. The molecule has 0 spiro atoms. The van der Waals surface area contributed by atoms with E-state index < -0.39 is 0 Å². The Kier molecular flexibility index (Phi) is 6.80. The lowest BCUT2D eigenvalue weighted by atomic mass is 9.99. The van der Waals surface area contributed by atoms with E-state index in [0.717, 1.165) is 16.7 Å². The average Bonchev–Trinajstić information content (AvgIpc) is 2.61. The molecule has 0 heterocycles. The SMILES string of the molecule is C=C(c1ccccc1)c1ccc(C=NC(CCC)CCC)cc1. The Balaban J connectivity index is 2.06. The molecular formula is C22H27N. The molecule has 0 aromatic heterocycles. The van der Waals surface area contributed by atoms with Crippen LogP contribution in [-0.4, -0.2) is 12.3 Å². The van der Waals surface area contributed by atoms with E-state index in [2.05, 4.69) is 56.8 Å². The minimum absolute atomic E-state index is 0.462. The molecule has 0 unspecified atom stereocenters. The molecule has 0 bridgehead atoms. The first-order valence-electron chi connectivity index (χ1n) is 8.62. The number of rotatable bonds is 8. The van der Waals surface area contributed by atoms with E-state index in [-0.39, 0.29) is 0 Å². The molecule has 0 aliphatic heterocycles. The molecule has 0 aliphatic rings. The first kappa shape index (κ1) is 17.2. The van der Waals surface area contributed by atoms with Crippen LogP contribution in [-0.2, 0) is 0 Å². The van der Waals surface area contributed by atoms with Crippen LogP contribution in [0.25, 0.3) is 5.57 Å². The average molecular weight is 305 g/mol. The molecule has 0 radical (unpaired) electrons. The third-order valence-corrected chi connectivity index (χ3v) is 4.06. The molecule has 0 atom stereocenters. The third-order valence-electron chi connectivity index (χ3n) is 4.06. The summed E-state index contributed by atoms with van der Waals surface area (Å²) in [7, 11) is 0. The molecule has 1 nitrogen and oxygen atoms in total. The molecular weight excluding hydrogens is 278 g/mol. The zero-order valence-electron chi connectivity index (χ0n) is 14.3. The fourth-order valence-corrected chi connectivity index (χ4v) is 2.73. The highest BCUT2D eigenvalue weighted by atomic mass is 14.8. The smallest absolute Gasteiger partial charge is 0.0499 e. The van der Waals surface area contributed by atoms with Crippen LogP contribution in [0.15, 0.2) is 66.2 Å². The van der Waals surface area contributed by atoms with Crippen LogP contribution in [0.1, 0.15) is 56.2 Å². The van der Waals surface area contributed by atoms with E-state index in [1.165, 1.54) is 31.2 Å². The molecule has 0 aliphatic carbocycles. The largest absolute Gasteiger partial charge is 0.289 e. The third kappa shape index (κ3) is 5.21. The molecule has 120 valence electrons. The van der Waals surface area contributed by atoms with Crippen LogP contribution in [0, 0.1) is 0 Å². The Morgan fingerprint density at radius 1 is 0.913 bits per heavy atom. The second-order valence-electron chi connectivity index (χ2n) is 5.98. The molecule has 2 aromatic rings. The van der Waals surface area contributed by atoms with Crippen LogP contribution in [0.3, 0.4) is 0 Å². The lowest BCUT2D eigenvalue weighted by Gasteiger charge is -2.09. The number of hydrogen-bond acceptors (Lipinski definition) is 1. The summed E-state index contributed by atoms with van der Waals surface area (Å²) in [4.78, 5) is 4.76. The highest BCUT2D eigenvalue weighted by Gasteiger charge is 2.04. The first-order chi connectivity index (χ1) is 11.2. The van der Waals surface area contributed by atoms with Gasteiger partial charge in [-0.05, 0) is 35.1 Å². The molecule has 1 heteroatoms. The molecule has 2 rings (SSSR count). The second-order valence-corrected chi connectivity index (χ2v) is 5.98. The van der Waals surface area contributed by atoms with Gasteiger partial charge in [0.2, 0.25) is 0 Å². The summed E-state index contributed by atoms with van der Waals surface area (Å²) in [6, 6.07) is 19.3. The van der Waals surface area contributed by atoms with Gasteiger partial charge in [0.1, 0.15) is 0 Å². The molecule has 0 N–H and O–H groups in total. The van der Waals surface area contributed by atoms with Gasteiger partial charge in [0.05, 0.1) is 0 Å². The molecule has 2 aromatic carbocycles. The Labute approximate surface area is 140 Å². The van der Waals surface area contributed by atoms with Gasteiger partial charge in [0.25, 0.3) is 0 Å². The fraction of sp³-hybridized carbons (Fsp3) is 0.318. The topological polar surface area (TPSA) is 12.4 Å². The summed E-state index contributed by atoms with van der Waals surface area (Å²) in [6.45, 7) is 8.66. The quantitative estimate of drug-likeness (QED) is 0.520. The summed E-state index contributed by atoms with van der Waals surface area (Å²) < 4.78 is 0. The van der Waals surface area contributed by atoms with Gasteiger partial charge >= 0.3 is 0 Å². The minimum atomic E-state index is 0.462. The van der Waals surface area contributed by atoms with Crippen LogP contribution in [0.5, 0.6) is 0 Å². The van der Waals surface area contributed by atoms with Crippen molar-refractivity contribution in [3.63, 3.8) is 0 Å². The van der Waals surface area contributed by atoms with Crippen molar-refractivity contribution >= 4 is 11.8 Å². The van der Waals surface area contributed by atoms with Crippen molar-refractivity contribution in [2.24, 2.45) is 4.99 Å². The Morgan fingerprint density at radius 3 is 2.04 bits per heavy atom. The van der Waals surface area contributed by atoms with Crippen molar-refractivity contribution in [2.75, 3.05) is 0 Å². The summed E-state index contributed by atoms with van der Waals surface area (Å²) >= 11 is 0. The number of benzene rings is 2. The molecule has 0 saturated heterocycles. The Morgan fingerprint density at radius 2 is 1.48 bits per heavy atom. The van der Waals surface area contributed by atoms with Gasteiger partial charge in [-0.15, -0.1) is 0 Å². The van der Waals surface area contributed by atoms with Crippen molar-refractivity contribution in [3.8, 4) is 0 Å². The maximum atomic E-state index is 4.76. The lowest BCUT2D eigenvalue weighted by molar-refractivity contribution is 0.558. The van der Waals surface area contributed by atoms with E-state index in [0.29, 0.717) is 6.04 Å². The monoisotopic (exact) mass is 305 g/mol. The van der Waals surface area contributed by atoms with Gasteiger partial charge in [-0.1, -0.05) is 87.9 Å². The van der Waals surface area contributed by atoms with E-state index in [1.54, 1.807) is 0 Å². The summed E-state index contributed by atoms with van der Waals surface area (Å²) in [5.74, 6) is 0. The number of nitrogens with zero attached hydrogens (tertiary/aromatic N) is 1. The van der Waals surface area contributed by atoms with Crippen molar-refractivity contribution < 1.29 is 0 Å². The van der Waals surface area contributed by atoms with Gasteiger partial charge in [-0.25, -0.2) is 0 Å². The predicted octanol–water partition coefficient (Wildman–Crippen LogP) is 6.14. The van der Waals surface area contributed by atoms with E-state index in [9.17, 15) is 0 Å². The van der Waals surface area contributed by atoms with Crippen LogP contribution in [0.2, 0.25) is 0 Å². The standard InChI is InChI=1S/C22H27N/c1-4-9-22(10-5-2)23-17-19-13-15-21(16-14-19)18(3)20-11-7-6-8-12-20/h6-8,11-17,22H,3-5,9-10H2,1-2H3. The molecule has 23 heavy (non-hydrogen) atoms. The van der Waals surface area contributed by atoms with Gasteiger partial charge in [-0.2, -0.15) is 0 Å². The predicted molar refractivity (Wildman–Crippen MR) is 102 cm³/mol. The zero-order valence-corrected chi connectivity index (χ0v) is 14.3. The van der Waals surface area contributed by atoms with E-state index in [1.807, 2.05) is 24.4 Å². The normalized spacial score (nSPS) is 11.3. The highest BCUT2D eigenvalue weighted by molar-refractivity contribution is 5.83. The van der Waals surface area contributed by atoms with Crippen LogP contribution >= 0.6 is 0 Å². The minimum Gasteiger partial charge on any atom is -0.289 e. The van der Waals surface area contributed by atoms with Crippen LogP contribution in [0.4, 0.5) is 0 Å². The van der Waals surface area contributed by atoms with Gasteiger partial charge in [-0.3, -0.25) is 4.99 Å². The van der Waals surface area contributed by atoms with Crippen molar-refractivity contribution in [2.45, 2.75) is 45.6 Å². The highest BCUT2D eigenvalue weighted by Crippen LogP contribution is 2.21. The molecule has 0 fully saturated rings. The summed E-state index contributed by atoms with van der Waals surface area (Å²) in [6.07, 6.45) is 6.75. The van der Waals surface area contributed by atoms with Crippen molar-refractivity contribution in [1.82, 2.24) is 0 Å².